The molecule has 0 aromatic rings. The van der Waals surface area contributed by atoms with Crippen molar-refractivity contribution in [1.82, 2.24) is 10.6 Å². The molecule has 16 nitrogen and oxygen atoms in total. The van der Waals surface area contributed by atoms with E-state index >= 15 is 0 Å². The van der Waals surface area contributed by atoms with Crippen LogP contribution in [0.1, 0.15) is 189 Å². The molecule has 8 aliphatic rings. The third-order valence-corrected chi connectivity index (χ3v) is 24.6. The second-order valence-corrected chi connectivity index (χ2v) is 30.1. The van der Waals surface area contributed by atoms with E-state index in [0.717, 1.165) is 77.0 Å². The maximum Gasteiger partial charge on any atom is 0.306 e. The van der Waals surface area contributed by atoms with Crippen molar-refractivity contribution in [2.24, 2.45) is 92.7 Å². The lowest BCUT2D eigenvalue weighted by molar-refractivity contribution is -0.196. The van der Waals surface area contributed by atoms with Crippen molar-refractivity contribution in [1.29, 1.82) is 0 Å². The first-order valence-electron chi connectivity index (χ1n) is 29.3. The van der Waals surface area contributed by atoms with Gasteiger partial charge in [-0.05, 0) is 203 Å². The fourth-order valence-corrected chi connectivity index (χ4v) is 20.0. The fraction of sp³-hybridized carbons (Fsp3) is 0.930. The van der Waals surface area contributed by atoms with Crippen LogP contribution in [0.15, 0.2) is 0 Å². The van der Waals surface area contributed by atoms with Crippen LogP contribution in [0.5, 0.6) is 0 Å². The molecule has 18 heteroatoms. The number of hydrogen-bond donors (Lipinski definition) is 6. The summed E-state index contributed by atoms with van der Waals surface area (Å²) >= 11 is 0. The highest BCUT2D eigenvalue weighted by Crippen LogP contribution is 2.71. The number of carbonyl (C=O) groups excluding carboxylic acids is 4. The van der Waals surface area contributed by atoms with Gasteiger partial charge in [0.1, 0.15) is 12.2 Å². The number of rotatable bonds is 20. The average molecular weight is 1100 g/mol. The largest absolute Gasteiger partial charge is 0.462 e. The number of ether oxygens (including phenoxy) is 2. The molecule has 0 radical (unpaired) electrons. The maximum absolute atomic E-state index is 14.1. The van der Waals surface area contributed by atoms with Gasteiger partial charge in [0.2, 0.25) is 11.8 Å². The van der Waals surface area contributed by atoms with Crippen LogP contribution in [0.2, 0.25) is 0 Å². The van der Waals surface area contributed by atoms with Crippen molar-refractivity contribution in [3.63, 3.8) is 0 Å². The topological polar surface area (TPSA) is 260 Å². The van der Waals surface area contributed by atoms with Gasteiger partial charge in [-0.25, -0.2) is 0 Å². The predicted octanol–water partition coefficient (Wildman–Crippen LogP) is 8.08. The Labute approximate surface area is 448 Å². The standard InChI is InChI=1S/C57H94N2O14S2/c1-34(10-16-48(62)58-26-28-74(66,67)68)40-12-14-42-52-44(20-24-56(40,42)5)54(3)22-18-38(60)30-36(54)32-46(52)72-50(64)8-7-9-51(65)73-47-33-37-31-39(61)19-23-55(37,4)45-21-25-57(6)41(13-15-43(57)53(45)47)35(2)11-17-49(63)59-27-29-75(69,70)71/h34-47,52-53,60-61H,7-33H2,1-6H3,(H,58,62)(H,59,63)(H,66,67,68)(H,69,70,71)/t34-,35-,36?,37?,38+,39+,40+,41+,42-,43-,44-,45-,46-,47-,52-,53-,54-,55-,56+,57+/m0/s1. The molecule has 75 heavy (non-hydrogen) atoms. The number of nitrogens with one attached hydrogen (secondary N) is 2. The van der Waals surface area contributed by atoms with Gasteiger partial charge in [0, 0.05) is 50.6 Å². The van der Waals surface area contributed by atoms with Gasteiger partial charge in [0.15, 0.2) is 0 Å². The molecule has 0 heterocycles. The Balaban J connectivity index is 0.899. The molecular formula is C57H94N2O14S2. The van der Waals surface area contributed by atoms with Crippen molar-refractivity contribution < 1.29 is 64.8 Å². The van der Waals surface area contributed by atoms with E-state index in [1.165, 1.54) is 0 Å². The molecule has 0 spiro atoms. The molecule has 0 aromatic heterocycles. The summed E-state index contributed by atoms with van der Waals surface area (Å²) in [6.07, 6.45) is 15.6. The second-order valence-electron chi connectivity index (χ2n) is 27.0. The van der Waals surface area contributed by atoms with Crippen molar-refractivity contribution in [2.45, 2.75) is 214 Å². The van der Waals surface area contributed by atoms with Crippen LogP contribution in [0.4, 0.5) is 0 Å². The van der Waals surface area contributed by atoms with Crippen molar-refractivity contribution in [3.05, 3.63) is 0 Å². The molecule has 428 valence electrons. The second kappa shape index (κ2) is 23.0. The first-order chi connectivity index (χ1) is 35.1. The molecule has 8 aliphatic carbocycles. The third kappa shape index (κ3) is 12.7. The molecule has 8 rings (SSSR count). The van der Waals surface area contributed by atoms with Crippen molar-refractivity contribution >= 4 is 44.0 Å². The normalized spacial score (nSPS) is 42.0. The highest BCUT2D eigenvalue weighted by atomic mass is 32.2. The van der Waals surface area contributed by atoms with Crippen molar-refractivity contribution in [2.75, 3.05) is 24.6 Å². The molecule has 8 fully saturated rings. The van der Waals surface area contributed by atoms with E-state index in [9.17, 15) is 46.2 Å². The van der Waals surface area contributed by atoms with Gasteiger partial charge < -0.3 is 30.3 Å². The maximum atomic E-state index is 14.1. The summed E-state index contributed by atoms with van der Waals surface area (Å²) < 4.78 is 76.1. The zero-order valence-electron chi connectivity index (χ0n) is 46.0. The Hall–Kier alpha value is -2.38. The molecule has 0 aliphatic heterocycles. The molecule has 6 N–H and O–H groups in total. The van der Waals surface area contributed by atoms with Crippen molar-refractivity contribution in [3.8, 4) is 0 Å². The zero-order chi connectivity index (χ0) is 54.5. The van der Waals surface area contributed by atoms with Crippen LogP contribution in [0, 0.1) is 92.7 Å². The van der Waals surface area contributed by atoms with Gasteiger partial charge in [-0.15, -0.1) is 0 Å². The van der Waals surface area contributed by atoms with Gasteiger partial charge in [0.25, 0.3) is 20.2 Å². The van der Waals surface area contributed by atoms with Gasteiger partial charge in [0.05, 0.1) is 23.7 Å². The summed E-state index contributed by atoms with van der Waals surface area (Å²) in [4.78, 5) is 53.6. The fourth-order valence-electron chi connectivity index (χ4n) is 19.3. The van der Waals surface area contributed by atoms with E-state index in [1.807, 2.05) is 0 Å². The molecule has 8 saturated carbocycles. The Morgan fingerprint density at radius 2 is 0.880 bits per heavy atom. The first kappa shape index (κ1) is 58.8. The lowest BCUT2D eigenvalue weighted by Crippen LogP contribution is -2.59. The summed E-state index contributed by atoms with van der Waals surface area (Å²) in [5.74, 6) is 1.32. The third-order valence-electron chi connectivity index (χ3n) is 23.1. The SMILES string of the molecule is C[C@@H](CCC(=O)NCCS(=O)(=O)O)[C@H]1CC[C@H]2[C@@H]3[C@@H](OC(=O)CCCC(=O)O[C@H]4CC5C[C@H](O)CC[C@]5(C)[C@H]5CC[C@]6(C)[C@@H]([C@@H](C)CCC(=O)NCCS(=O)(=O)O)CC[C@H]6[C@H]45)CC4C[C@H](O)CC[C@]4(C)[C@H]3CC[C@]12C. The minimum absolute atomic E-state index is 0.0117. The number of carbonyl (C=O) groups is 4. The summed E-state index contributed by atoms with van der Waals surface area (Å²) in [5.41, 5.74) is 0.0524. The van der Waals surface area contributed by atoms with Gasteiger partial charge in [-0.2, -0.15) is 16.8 Å². The van der Waals surface area contributed by atoms with E-state index in [4.69, 9.17) is 18.6 Å². The van der Waals surface area contributed by atoms with Crippen LogP contribution < -0.4 is 10.6 Å². The summed E-state index contributed by atoms with van der Waals surface area (Å²) in [6, 6.07) is 0. The average Bonchev–Trinajstić information content (AvgIpc) is 3.87. The highest BCUT2D eigenvalue weighted by molar-refractivity contribution is 7.86. The van der Waals surface area contributed by atoms with Crippen LogP contribution >= 0.6 is 0 Å². The number of aliphatic hydroxyl groups excluding tert-OH is 2. The van der Waals surface area contributed by atoms with Crippen LogP contribution in [0.3, 0.4) is 0 Å². The molecule has 0 aromatic carbocycles. The van der Waals surface area contributed by atoms with Gasteiger partial charge in [-0.1, -0.05) is 41.5 Å². The number of aliphatic hydroxyl groups is 2. The molecule has 2 unspecified atom stereocenters. The minimum Gasteiger partial charge on any atom is -0.462 e. The van der Waals surface area contributed by atoms with Crippen LogP contribution in [-0.2, 0) is 48.9 Å². The van der Waals surface area contributed by atoms with Gasteiger partial charge in [-0.3, -0.25) is 28.3 Å². The summed E-state index contributed by atoms with van der Waals surface area (Å²) in [5, 5.41) is 27.1. The van der Waals surface area contributed by atoms with E-state index in [1.54, 1.807) is 0 Å². The number of amides is 2. The van der Waals surface area contributed by atoms with E-state index in [0.29, 0.717) is 80.5 Å². The number of fused-ring (bicyclic) bond motifs is 10. The Morgan fingerprint density at radius 3 is 1.25 bits per heavy atom. The van der Waals surface area contributed by atoms with E-state index < -0.39 is 31.7 Å². The van der Waals surface area contributed by atoms with Gasteiger partial charge >= 0.3 is 11.9 Å². The quantitative estimate of drug-likeness (QED) is 0.0498. The molecule has 0 saturated heterocycles. The molecule has 0 bridgehead atoms. The van der Waals surface area contributed by atoms with Crippen LogP contribution in [-0.4, -0.2) is 109 Å². The van der Waals surface area contributed by atoms with E-state index in [2.05, 4.69) is 52.2 Å². The number of esters is 2. The Bertz CT molecular complexity index is 2140. The highest BCUT2D eigenvalue weighted by Gasteiger charge is 2.66. The van der Waals surface area contributed by atoms with E-state index in [-0.39, 0.29) is 144 Å². The molecular weight excluding hydrogens is 1000 g/mol. The minimum atomic E-state index is -4.16. The molecule has 2 amide bonds. The lowest BCUT2D eigenvalue weighted by Gasteiger charge is -2.62. The lowest BCUT2D eigenvalue weighted by atomic mass is 9.43. The Morgan fingerprint density at radius 1 is 0.520 bits per heavy atom. The Kier molecular flexibility index (Phi) is 18.0. The summed E-state index contributed by atoms with van der Waals surface area (Å²) in [7, 11) is -8.32. The number of hydrogen-bond acceptors (Lipinski definition) is 12. The monoisotopic (exact) mass is 1090 g/mol. The molecule has 20 atom stereocenters. The predicted molar refractivity (Wildman–Crippen MR) is 282 cm³/mol. The zero-order valence-corrected chi connectivity index (χ0v) is 47.7. The first-order valence-corrected chi connectivity index (χ1v) is 32.6. The van der Waals surface area contributed by atoms with Crippen LogP contribution in [0.25, 0.3) is 0 Å². The smallest absolute Gasteiger partial charge is 0.306 e. The summed E-state index contributed by atoms with van der Waals surface area (Å²) in [6.45, 7) is 13.8.